The van der Waals surface area contributed by atoms with Gasteiger partial charge in [0, 0.05) is 13.1 Å². The molecule has 3 heterocycles. The number of nitrogens with zero attached hydrogens (tertiary/aromatic N) is 4. The summed E-state index contributed by atoms with van der Waals surface area (Å²) < 4.78 is 36.6. The molecule has 7 nitrogen and oxygen atoms in total. The summed E-state index contributed by atoms with van der Waals surface area (Å²) in [6.07, 6.45) is 3.09. The number of hydrogen-bond donors (Lipinski definition) is 0. The lowest BCUT2D eigenvalue weighted by atomic mass is 10.1. The molecular formula is C16H17ClN4O3S. The molecule has 2 aliphatic heterocycles. The highest BCUT2D eigenvalue weighted by molar-refractivity contribution is 7.90. The number of rotatable bonds is 1. The topological polar surface area (TPSA) is 76.8 Å². The second-order valence-corrected chi connectivity index (χ2v) is 8.03. The number of likely N-dealkylation sites (tertiary alicyclic amines) is 1. The van der Waals surface area contributed by atoms with Crippen LogP contribution in [-0.2, 0) is 10.0 Å². The third-order valence-corrected chi connectivity index (χ3v) is 6.02. The van der Waals surface area contributed by atoms with Gasteiger partial charge in [-0.15, -0.1) is 4.40 Å². The number of halogens is 1. The average molecular weight is 381 g/mol. The highest BCUT2D eigenvalue weighted by Gasteiger charge is 2.36. The quantitative estimate of drug-likeness (QED) is 0.760. The van der Waals surface area contributed by atoms with E-state index < -0.39 is 10.0 Å². The summed E-state index contributed by atoms with van der Waals surface area (Å²) >= 11 is 6.26. The molecule has 0 spiro atoms. The van der Waals surface area contributed by atoms with Gasteiger partial charge in [0.15, 0.2) is 4.90 Å². The summed E-state index contributed by atoms with van der Waals surface area (Å²) in [4.78, 5) is 1.86. The van der Waals surface area contributed by atoms with E-state index in [9.17, 15) is 8.42 Å². The van der Waals surface area contributed by atoms with E-state index in [1.54, 1.807) is 25.1 Å². The molecule has 0 N–H and O–H groups in total. The summed E-state index contributed by atoms with van der Waals surface area (Å²) in [6.45, 7) is 3.07. The second kappa shape index (κ2) is 6.03. The number of aryl methyl sites for hydroxylation is 1. The van der Waals surface area contributed by atoms with Crippen molar-refractivity contribution in [2.24, 2.45) is 4.40 Å². The van der Waals surface area contributed by atoms with E-state index in [0.717, 1.165) is 32.4 Å². The number of fused-ring (bicyclic) bond motifs is 1. The molecule has 0 atom stereocenters. The van der Waals surface area contributed by atoms with E-state index in [1.165, 1.54) is 4.68 Å². The van der Waals surface area contributed by atoms with Crippen LogP contribution in [0, 0.1) is 6.92 Å². The van der Waals surface area contributed by atoms with E-state index in [0.29, 0.717) is 16.4 Å². The van der Waals surface area contributed by atoms with Gasteiger partial charge in [-0.3, -0.25) is 0 Å². The van der Waals surface area contributed by atoms with Crippen LogP contribution >= 0.6 is 11.6 Å². The van der Waals surface area contributed by atoms with Gasteiger partial charge in [0.2, 0.25) is 5.88 Å². The first-order chi connectivity index (χ1) is 12.0. The Morgan fingerprint density at radius 3 is 2.60 bits per heavy atom. The third-order valence-electron chi connectivity index (χ3n) is 4.32. The number of ether oxygens (including phenoxy) is 1. The minimum absolute atomic E-state index is 0.00632. The van der Waals surface area contributed by atoms with Gasteiger partial charge in [-0.25, -0.2) is 0 Å². The van der Waals surface area contributed by atoms with Gasteiger partial charge in [-0.05, 0) is 38.3 Å². The number of para-hydroxylation sites is 1. The molecule has 132 valence electrons. The Balaban J connectivity index is 1.84. The number of benzene rings is 1. The second-order valence-electron chi connectivity index (χ2n) is 6.08. The number of piperidine rings is 1. The summed E-state index contributed by atoms with van der Waals surface area (Å²) in [5.41, 5.74) is 0.889. The average Bonchev–Trinajstić information content (AvgIpc) is 2.93. The summed E-state index contributed by atoms with van der Waals surface area (Å²) in [7, 11) is -3.88. The molecule has 1 fully saturated rings. The molecule has 0 radical (unpaired) electrons. The molecule has 0 aliphatic carbocycles. The predicted molar refractivity (Wildman–Crippen MR) is 94.0 cm³/mol. The molecule has 1 aromatic carbocycles. The highest BCUT2D eigenvalue weighted by Crippen LogP contribution is 2.36. The Morgan fingerprint density at radius 1 is 1.16 bits per heavy atom. The van der Waals surface area contributed by atoms with Crippen LogP contribution in [0.4, 0.5) is 0 Å². The van der Waals surface area contributed by atoms with Gasteiger partial charge >= 0.3 is 6.02 Å². The first-order valence-electron chi connectivity index (χ1n) is 8.10. The van der Waals surface area contributed by atoms with E-state index >= 15 is 0 Å². The Labute approximate surface area is 150 Å². The Bertz CT molecular complexity index is 962. The Hall–Kier alpha value is -2.06. The third kappa shape index (κ3) is 2.79. The van der Waals surface area contributed by atoms with Crippen molar-refractivity contribution < 1.29 is 13.2 Å². The summed E-state index contributed by atoms with van der Waals surface area (Å²) in [5.74, 6) is 0.140. The van der Waals surface area contributed by atoms with E-state index in [1.807, 2.05) is 11.0 Å². The van der Waals surface area contributed by atoms with Crippen molar-refractivity contribution in [3.05, 3.63) is 35.0 Å². The van der Waals surface area contributed by atoms with Crippen molar-refractivity contribution in [2.45, 2.75) is 31.1 Å². The molecule has 9 heteroatoms. The van der Waals surface area contributed by atoms with Crippen LogP contribution in [-0.4, -0.2) is 42.2 Å². The molecule has 0 bridgehead atoms. The lowest BCUT2D eigenvalue weighted by Gasteiger charge is -2.30. The molecule has 1 aromatic heterocycles. The SMILES string of the molecule is Cc1nn(-c2ccccc2Cl)c2c1S(=O)(=O)N=C(N1CCCCC1)O2. The lowest BCUT2D eigenvalue weighted by molar-refractivity contribution is 0.283. The summed E-state index contributed by atoms with van der Waals surface area (Å²) in [5, 5.41) is 4.79. The Morgan fingerprint density at radius 2 is 1.88 bits per heavy atom. The van der Waals surface area contributed by atoms with Gasteiger partial charge in [0.25, 0.3) is 10.0 Å². The van der Waals surface area contributed by atoms with Gasteiger partial charge in [0.1, 0.15) is 0 Å². The van der Waals surface area contributed by atoms with Crippen molar-refractivity contribution in [1.82, 2.24) is 14.7 Å². The van der Waals surface area contributed by atoms with Crippen molar-refractivity contribution in [2.75, 3.05) is 13.1 Å². The monoisotopic (exact) mass is 380 g/mol. The largest absolute Gasteiger partial charge is 0.405 e. The minimum atomic E-state index is -3.88. The molecule has 2 aliphatic rings. The fourth-order valence-corrected chi connectivity index (χ4v) is 4.55. The number of aromatic nitrogens is 2. The maximum atomic E-state index is 12.7. The fourth-order valence-electron chi connectivity index (χ4n) is 3.13. The maximum absolute atomic E-state index is 12.7. The smallest absolute Gasteiger partial charge is 0.310 e. The zero-order valence-electron chi connectivity index (χ0n) is 13.6. The zero-order chi connectivity index (χ0) is 17.6. The van der Waals surface area contributed by atoms with Crippen molar-refractivity contribution >= 4 is 27.6 Å². The van der Waals surface area contributed by atoms with E-state index in [4.69, 9.17) is 16.3 Å². The molecule has 25 heavy (non-hydrogen) atoms. The number of hydrogen-bond acceptors (Lipinski definition) is 5. The van der Waals surface area contributed by atoms with Crippen LogP contribution in [0.1, 0.15) is 25.0 Å². The highest BCUT2D eigenvalue weighted by atomic mass is 35.5. The normalized spacial score (nSPS) is 19.1. The van der Waals surface area contributed by atoms with Crippen LogP contribution in [0.25, 0.3) is 5.69 Å². The van der Waals surface area contributed by atoms with Crippen LogP contribution in [0.2, 0.25) is 5.02 Å². The minimum Gasteiger partial charge on any atom is -0.405 e. The van der Waals surface area contributed by atoms with E-state index in [2.05, 4.69) is 9.50 Å². The molecule has 2 aromatic rings. The molecular weight excluding hydrogens is 364 g/mol. The van der Waals surface area contributed by atoms with Gasteiger partial charge < -0.3 is 9.64 Å². The maximum Gasteiger partial charge on any atom is 0.310 e. The molecule has 0 amide bonds. The standard InChI is InChI=1S/C16H17ClN4O3S/c1-11-14-15(21(18-11)13-8-4-3-7-12(13)17)24-16(19-25(14,22)23)20-9-5-2-6-10-20/h3-4,7-8H,2,5-6,9-10H2,1H3. The first kappa shape index (κ1) is 16.4. The molecule has 0 saturated carbocycles. The molecule has 0 unspecified atom stereocenters. The van der Waals surface area contributed by atoms with Gasteiger partial charge in [0.05, 0.1) is 16.4 Å². The van der Waals surface area contributed by atoms with E-state index in [-0.39, 0.29) is 16.8 Å². The lowest BCUT2D eigenvalue weighted by Crippen LogP contribution is -2.41. The number of sulfonamides is 1. The van der Waals surface area contributed by atoms with Crippen LogP contribution < -0.4 is 4.74 Å². The first-order valence-corrected chi connectivity index (χ1v) is 9.91. The number of amidine groups is 1. The van der Waals surface area contributed by atoms with Crippen LogP contribution in [0.15, 0.2) is 33.6 Å². The molecule has 1 saturated heterocycles. The Kier molecular flexibility index (Phi) is 3.96. The zero-order valence-corrected chi connectivity index (χ0v) is 15.2. The summed E-state index contributed by atoms with van der Waals surface area (Å²) in [6, 6.07) is 7.20. The van der Waals surface area contributed by atoms with Crippen LogP contribution in [0.5, 0.6) is 5.88 Å². The fraction of sp³-hybridized carbons (Fsp3) is 0.375. The van der Waals surface area contributed by atoms with Crippen molar-refractivity contribution in [1.29, 1.82) is 0 Å². The van der Waals surface area contributed by atoms with Gasteiger partial charge in [-0.1, -0.05) is 23.7 Å². The van der Waals surface area contributed by atoms with Crippen molar-refractivity contribution in [3.63, 3.8) is 0 Å². The van der Waals surface area contributed by atoms with Crippen LogP contribution in [0.3, 0.4) is 0 Å². The predicted octanol–water partition coefficient (Wildman–Crippen LogP) is 2.76. The van der Waals surface area contributed by atoms with Crippen molar-refractivity contribution in [3.8, 4) is 11.6 Å². The molecule has 4 rings (SSSR count). The van der Waals surface area contributed by atoms with Gasteiger partial charge in [-0.2, -0.15) is 18.2 Å².